The topological polar surface area (TPSA) is 55.4 Å². The predicted molar refractivity (Wildman–Crippen MR) is 93.2 cm³/mol. The molecule has 23 heavy (non-hydrogen) atoms. The molecule has 0 saturated heterocycles. The molecule has 0 fully saturated rings. The fourth-order valence-corrected chi connectivity index (χ4v) is 3.22. The van der Waals surface area contributed by atoms with Gasteiger partial charge in [-0.15, -0.1) is 0 Å². The molecule has 1 heterocycles. The zero-order valence-electron chi connectivity index (χ0n) is 13.0. The molecule has 0 bridgehead atoms. The Hall–Kier alpha value is -1.85. The number of ether oxygens (including phenoxy) is 1. The molecule has 0 spiro atoms. The Labute approximate surface area is 144 Å². The molecule has 4 nitrogen and oxygen atoms in total. The van der Waals surface area contributed by atoms with E-state index < -0.39 is 11.9 Å². The molecule has 122 valence electrons. The SMILES string of the molecule is Cc1cc(C)c(NC(=O)COC(=O)CCc2ccsc2)c(Cl)c1. The Morgan fingerprint density at radius 1 is 1.30 bits per heavy atom. The van der Waals surface area contributed by atoms with E-state index in [0.717, 1.165) is 16.7 Å². The Morgan fingerprint density at radius 2 is 2.09 bits per heavy atom. The Kier molecular flexibility index (Phi) is 6.19. The monoisotopic (exact) mass is 351 g/mol. The molecule has 0 saturated carbocycles. The predicted octanol–water partition coefficient (Wildman–Crippen LogP) is 4.13. The molecule has 1 N–H and O–H groups in total. The highest BCUT2D eigenvalue weighted by Crippen LogP contribution is 2.27. The van der Waals surface area contributed by atoms with Crippen LogP contribution in [0.15, 0.2) is 29.0 Å². The molecule has 1 aromatic heterocycles. The summed E-state index contributed by atoms with van der Waals surface area (Å²) in [4.78, 5) is 23.5. The second-order valence-corrected chi connectivity index (χ2v) is 6.47. The van der Waals surface area contributed by atoms with Crippen molar-refractivity contribution in [1.29, 1.82) is 0 Å². The Bertz CT molecular complexity index is 675. The number of anilines is 1. The van der Waals surface area contributed by atoms with Crippen LogP contribution in [-0.2, 0) is 20.7 Å². The van der Waals surface area contributed by atoms with E-state index >= 15 is 0 Å². The summed E-state index contributed by atoms with van der Waals surface area (Å²) in [5.41, 5.74) is 3.53. The van der Waals surface area contributed by atoms with Gasteiger partial charge in [0.2, 0.25) is 0 Å². The summed E-state index contributed by atoms with van der Waals surface area (Å²) in [6.07, 6.45) is 0.876. The average Bonchev–Trinajstić information content (AvgIpc) is 3.00. The number of carbonyl (C=O) groups is 2. The van der Waals surface area contributed by atoms with Crippen molar-refractivity contribution in [3.63, 3.8) is 0 Å². The zero-order chi connectivity index (χ0) is 16.8. The van der Waals surface area contributed by atoms with Crippen LogP contribution in [0.2, 0.25) is 5.02 Å². The number of carbonyl (C=O) groups excluding carboxylic acids is 2. The van der Waals surface area contributed by atoms with Crippen molar-refractivity contribution in [3.05, 3.63) is 50.7 Å². The van der Waals surface area contributed by atoms with Crippen molar-refractivity contribution in [2.45, 2.75) is 26.7 Å². The van der Waals surface area contributed by atoms with Crippen LogP contribution in [0.1, 0.15) is 23.1 Å². The van der Waals surface area contributed by atoms with E-state index in [1.807, 2.05) is 36.7 Å². The van der Waals surface area contributed by atoms with Gasteiger partial charge in [-0.1, -0.05) is 17.7 Å². The van der Waals surface area contributed by atoms with Crippen LogP contribution in [0, 0.1) is 13.8 Å². The quantitative estimate of drug-likeness (QED) is 0.796. The van der Waals surface area contributed by atoms with E-state index in [0.29, 0.717) is 17.1 Å². The van der Waals surface area contributed by atoms with Gasteiger partial charge in [-0.25, -0.2) is 0 Å². The van der Waals surface area contributed by atoms with E-state index in [2.05, 4.69) is 5.32 Å². The third kappa shape index (κ3) is 5.37. The van der Waals surface area contributed by atoms with Gasteiger partial charge < -0.3 is 10.1 Å². The molecule has 2 aromatic rings. The van der Waals surface area contributed by atoms with E-state index in [4.69, 9.17) is 16.3 Å². The first-order chi connectivity index (χ1) is 11.0. The lowest BCUT2D eigenvalue weighted by atomic mass is 10.1. The van der Waals surface area contributed by atoms with Crippen LogP contribution < -0.4 is 5.32 Å². The molecule has 1 aromatic carbocycles. The normalized spacial score (nSPS) is 10.4. The highest BCUT2D eigenvalue weighted by atomic mass is 35.5. The fourth-order valence-electron chi connectivity index (χ4n) is 2.15. The first-order valence-corrected chi connectivity index (χ1v) is 8.51. The highest BCUT2D eigenvalue weighted by Gasteiger charge is 2.12. The minimum absolute atomic E-state index is 0.258. The fraction of sp³-hybridized carbons (Fsp3) is 0.294. The number of nitrogens with one attached hydrogen (secondary N) is 1. The van der Waals surface area contributed by atoms with Crippen LogP contribution >= 0.6 is 22.9 Å². The van der Waals surface area contributed by atoms with Crippen molar-refractivity contribution in [1.82, 2.24) is 0 Å². The number of amides is 1. The molecular formula is C17H18ClNO3S. The van der Waals surface area contributed by atoms with Crippen LogP contribution in [0.25, 0.3) is 0 Å². The lowest BCUT2D eigenvalue weighted by Gasteiger charge is -2.11. The largest absolute Gasteiger partial charge is 0.456 e. The molecule has 0 aliphatic heterocycles. The third-order valence-corrected chi connectivity index (χ3v) is 4.29. The molecule has 0 aliphatic carbocycles. The smallest absolute Gasteiger partial charge is 0.306 e. The van der Waals surface area contributed by atoms with Gasteiger partial charge in [0.1, 0.15) is 0 Å². The summed E-state index contributed by atoms with van der Waals surface area (Å²) in [6.45, 7) is 3.48. The van der Waals surface area contributed by atoms with Gasteiger partial charge in [-0.2, -0.15) is 11.3 Å². The number of esters is 1. The van der Waals surface area contributed by atoms with Crippen molar-refractivity contribution < 1.29 is 14.3 Å². The second-order valence-electron chi connectivity index (χ2n) is 5.28. The maximum Gasteiger partial charge on any atom is 0.306 e. The second kappa shape index (κ2) is 8.13. The lowest BCUT2D eigenvalue weighted by molar-refractivity contribution is -0.147. The molecule has 0 aliphatic rings. The van der Waals surface area contributed by atoms with Gasteiger partial charge in [-0.3, -0.25) is 9.59 Å². The molecule has 1 amide bonds. The Balaban J connectivity index is 1.80. The minimum Gasteiger partial charge on any atom is -0.456 e. The van der Waals surface area contributed by atoms with Gasteiger partial charge in [0.05, 0.1) is 10.7 Å². The number of benzene rings is 1. The van der Waals surface area contributed by atoms with Gasteiger partial charge in [0.25, 0.3) is 5.91 Å². The van der Waals surface area contributed by atoms with Gasteiger partial charge in [0.15, 0.2) is 6.61 Å². The number of rotatable bonds is 6. The minimum atomic E-state index is -0.400. The molecule has 0 atom stereocenters. The molecule has 0 unspecified atom stereocenters. The summed E-state index contributed by atoms with van der Waals surface area (Å²) in [5, 5.41) is 7.10. The number of hydrogen-bond donors (Lipinski definition) is 1. The van der Waals surface area contributed by atoms with Crippen molar-refractivity contribution in [2.75, 3.05) is 11.9 Å². The highest BCUT2D eigenvalue weighted by molar-refractivity contribution is 7.07. The van der Waals surface area contributed by atoms with Crippen LogP contribution in [0.5, 0.6) is 0 Å². The number of halogens is 1. The summed E-state index contributed by atoms with van der Waals surface area (Å²) in [6, 6.07) is 5.66. The van der Waals surface area contributed by atoms with E-state index in [1.165, 1.54) is 0 Å². The standard InChI is InChI=1S/C17H18ClNO3S/c1-11-7-12(2)17(14(18)8-11)19-15(20)9-22-16(21)4-3-13-5-6-23-10-13/h5-8,10H,3-4,9H2,1-2H3,(H,19,20). The molecule has 0 radical (unpaired) electrons. The average molecular weight is 352 g/mol. The third-order valence-electron chi connectivity index (χ3n) is 3.26. The maximum atomic E-state index is 11.9. The van der Waals surface area contributed by atoms with E-state index in [1.54, 1.807) is 17.4 Å². The van der Waals surface area contributed by atoms with Crippen LogP contribution in [0.4, 0.5) is 5.69 Å². The summed E-state index contributed by atoms with van der Waals surface area (Å²) < 4.78 is 4.99. The van der Waals surface area contributed by atoms with Gasteiger partial charge >= 0.3 is 5.97 Å². The zero-order valence-corrected chi connectivity index (χ0v) is 14.6. The van der Waals surface area contributed by atoms with Gasteiger partial charge in [0, 0.05) is 6.42 Å². The summed E-state index contributed by atoms with van der Waals surface area (Å²) in [5.74, 6) is -0.791. The van der Waals surface area contributed by atoms with Crippen LogP contribution in [-0.4, -0.2) is 18.5 Å². The van der Waals surface area contributed by atoms with Crippen molar-refractivity contribution in [2.24, 2.45) is 0 Å². The van der Waals surface area contributed by atoms with Gasteiger partial charge in [-0.05, 0) is 59.9 Å². The Morgan fingerprint density at radius 3 is 2.74 bits per heavy atom. The summed E-state index contributed by atoms with van der Waals surface area (Å²) >= 11 is 7.71. The molecule has 2 rings (SSSR count). The van der Waals surface area contributed by atoms with E-state index in [-0.39, 0.29) is 13.0 Å². The number of hydrogen-bond acceptors (Lipinski definition) is 4. The first-order valence-electron chi connectivity index (χ1n) is 7.19. The number of aryl methyl sites for hydroxylation is 3. The first kappa shape index (κ1) is 17.5. The molecule has 6 heteroatoms. The van der Waals surface area contributed by atoms with Crippen molar-refractivity contribution in [3.8, 4) is 0 Å². The lowest BCUT2D eigenvalue weighted by Crippen LogP contribution is -2.21. The molecular weight excluding hydrogens is 334 g/mol. The maximum absolute atomic E-state index is 11.9. The van der Waals surface area contributed by atoms with Crippen molar-refractivity contribution >= 4 is 40.5 Å². The summed E-state index contributed by atoms with van der Waals surface area (Å²) in [7, 11) is 0. The van der Waals surface area contributed by atoms with Crippen LogP contribution in [0.3, 0.4) is 0 Å². The number of thiophene rings is 1. The van der Waals surface area contributed by atoms with E-state index in [9.17, 15) is 9.59 Å².